The minimum Gasteiger partial charge on any atom is -0.486 e. The predicted octanol–water partition coefficient (Wildman–Crippen LogP) is 4.58. The van der Waals surface area contributed by atoms with Gasteiger partial charge in [-0.05, 0) is 42.2 Å². The fraction of sp³-hybridized carbons (Fsp3) is 0.375. The number of amides is 2. The minimum absolute atomic E-state index is 0.0207. The lowest BCUT2D eigenvalue weighted by Gasteiger charge is -2.34. The quantitative estimate of drug-likeness (QED) is 0.335. The van der Waals surface area contributed by atoms with Crippen LogP contribution in [0.4, 0.5) is 5.69 Å². The summed E-state index contributed by atoms with van der Waals surface area (Å²) in [6.07, 6.45) is 5.13. The van der Waals surface area contributed by atoms with Crippen molar-refractivity contribution >= 4 is 39.1 Å². The Bertz CT molecular complexity index is 1550. The van der Waals surface area contributed by atoms with Crippen molar-refractivity contribution in [2.24, 2.45) is 0 Å². The van der Waals surface area contributed by atoms with Crippen LogP contribution < -0.4 is 19.1 Å². The van der Waals surface area contributed by atoms with E-state index >= 15 is 0 Å². The average Bonchev–Trinajstić information content (AvgIpc) is 3.51. The molecule has 5 rings (SSSR count). The molecule has 2 aliphatic rings. The van der Waals surface area contributed by atoms with E-state index in [4.69, 9.17) is 21.1 Å². The van der Waals surface area contributed by atoms with E-state index in [0.29, 0.717) is 35.3 Å². The zero-order valence-electron chi connectivity index (χ0n) is 24.1. The molecule has 3 aromatic rings. The molecule has 1 atom stereocenters. The van der Waals surface area contributed by atoms with Gasteiger partial charge in [-0.3, -0.25) is 13.9 Å². The zero-order valence-corrected chi connectivity index (χ0v) is 25.6. The molecule has 1 N–H and O–H groups in total. The van der Waals surface area contributed by atoms with Crippen molar-refractivity contribution in [1.29, 1.82) is 0 Å². The van der Waals surface area contributed by atoms with E-state index in [2.05, 4.69) is 5.32 Å². The summed E-state index contributed by atoms with van der Waals surface area (Å²) in [6, 6.07) is 20.5. The van der Waals surface area contributed by atoms with Gasteiger partial charge in [0, 0.05) is 30.1 Å². The Hall–Kier alpha value is -3.76. The molecule has 1 unspecified atom stereocenters. The van der Waals surface area contributed by atoms with E-state index in [9.17, 15) is 18.0 Å². The van der Waals surface area contributed by atoms with Gasteiger partial charge in [0.25, 0.3) is 0 Å². The summed E-state index contributed by atoms with van der Waals surface area (Å²) in [5.41, 5.74) is 1.78. The highest BCUT2D eigenvalue weighted by Gasteiger charge is 2.34. The Labute approximate surface area is 257 Å². The molecule has 1 fully saturated rings. The monoisotopic (exact) mass is 625 g/mol. The smallest absolute Gasteiger partial charge is 0.244 e. The lowest BCUT2D eigenvalue weighted by Crippen LogP contribution is -2.54. The standard InChI is InChI=1S/C32H36ClN3O6S/c1-43(39,40)36(26-15-16-29-30(20-26)42-18-17-41-29)22-31(37)35(21-24-11-5-8-14-27(24)33)28(19-23-9-3-2-4-10-23)32(38)34-25-12-6-7-13-25/h2-5,8-11,14-16,20,25,28H,6-7,12-13,17-19,21-22H2,1H3,(H,34,38). The summed E-state index contributed by atoms with van der Waals surface area (Å²) < 4.78 is 38.4. The number of sulfonamides is 1. The number of hydrogen-bond acceptors (Lipinski definition) is 6. The normalized spacial score (nSPS) is 15.5. The van der Waals surface area contributed by atoms with Crippen molar-refractivity contribution in [3.63, 3.8) is 0 Å². The van der Waals surface area contributed by atoms with Crippen molar-refractivity contribution in [1.82, 2.24) is 10.2 Å². The van der Waals surface area contributed by atoms with E-state index in [-0.39, 0.29) is 30.6 Å². The molecule has 1 heterocycles. The number of fused-ring (bicyclic) bond motifs is 1. The lowest BCUT2D eigenvalue weighted by molar-refractivity contribution is -0.140. The second kappa shape index (κ2) is 13.7. The first-order chi connectivity index (χ1) is 20.7. The summed E-state index contributed by atoms with van der Waals surface area (Å²) in [6.45, 7) is 0.220. The summed E-state index contributed by atoms with van der Waals surface area (Å²) >= 11 is 6.53. The summed E-state index contributed by atoms with van der Waals surface area (Å²) in [5.74, 6) is 0.0847. The summed E-state index contributed by atoms with van der Waals surface area (Å²) in [4.78, 5) is 29.7. The maximum absolute atomic E-state index is 14.3. The van der Waals surface area contributed by atoms with E-state index < -0.39 is 28.5 Å². The molecule has 0 bridgehead atoms. The van der Waals surface area contributed by atoms with Crippen LogP contribution in [0.25, 0.3) is 0 Å². The topological polar surface area (TPSA) is 105 Å². The van der Waals surface area contributed by atoms with Crippen molar-refractivity contribution in [3.05, 3.63) is 88.9 Å². The Morgan fingerprint density at radius 1 is 0.953 bits per heavy atom. The van der Waals surface area contributed by atoms with Crippen LogP contribution in [0.15, 0.2) is 72.8 Å². The van der Waals surface area contributed by atoms with Crippen LogP contribution in [-0.2, 0) is 32.6 Å². The molecule has 0 saturated heterocycles. The molecule has 1 saturated carbocycles. The number of rotatable bonds is 11. The molecular weight excluding hydrogens is 590 g/mol. The van der Waals surface area contributed by atoms with E-state index in [1.807, 2.05) is 36.4 Å². The molecule has 2 amide bonds. The van der Waals surface area contributed by atoms with Crippen LogP contribution in [-0.4, -0.2) is 63.2 Å². The van der Waals surface area contributed by atoms with Crippen LogP contribution in [0, 0.1) is 0 Å². The maximum Gasteiger partial charge on any atom is 0.244 e. The Balaban J connectivity index is 1.51. The minimum atomic E-state index is -3.91. The number of hydrogen-bond donors (Lipinski definition) is 1. The van der Waals surface area contributed by atoms with Crippen LogP contribution in [0.5, 0.6) is 11.5 Å². The van der Waals surface area contributed by atoms with Crippen molar-refractivity contribution in [2.45, 2.75) is 50.7 Å². The molecule has 0 radical (unpaired) electrons. The van der Waals surface area contributed by atoms with Crippen LogP contribution in [0.3, 0.4) is 0 Å². The van der Waals surface area contributed by atoms with Crippen molar-refractivity contribution in [2.75, 3.05) is 30.3 Å². The van der Waals surface area contributed by atoms with Crippen molar-refractivity contribution < 1.29 is 27.5 Å². The summed E-state index contributed by atoms with van der Waals surface area (Å²) in [7, 11) is -3.91. The molecule has 43 heavy (non-hydrogen) atoms. The molecule has 0 aromatic heterocycles. The first-order valence-electron chi connectivity index (χ1n) is 14.4. The predicted molar refractivity (Wildman–Crippen MR) is 166 cm³/mol. The first kappa shape index (κ1) is 30.7. The third kappa shape index (κ3) is 7.80. The highest BCUT2D eigenvalue weighted by molar-refractivity contribution is 7.92. The number of nitrogens with one attached hydrogen (secondary N) is 1. The van der Waals surface area contributed by atoms with Gasteiger partial charge in [-0.2, -0.15) is 0 Å². The van der Waals surface area contributed by atoms with Gasteiger partial charge in [0.05, 0.1) is 11.9 Å². The number of halogens is 1. The molecule has 1 aliphatic heterocycles. The molecular formula is C32H36ClN3O6S. The van der Waals surface area contributed by atoms with Gasteiger partial charge in [-0.1, -0.05) is 73.0 Å². The summed E-state index contributed by atoms with van der Waals surface area (Å²) in [5, 5.41) is 3.60. The highest BCUT2D eigenvalue weighted by Crippen LogP contribution is 2.35. The van der Waals surface area contributed by atoms with Gasteiger partial charge >= 0.3 is 0 Å². The fourth-order valence-corrected chi connectivity index (χ4v) is 6.57. The van der Waals surface area contributed by atoms with Gasteiger partial charge in [-0.25, -0.2) is 8.42 Å². The van der Waals surface area contributed by atoms with Gasteiger partial charge in [0.15, 0.2) is 11.5 Å². The van der Waals surface area contributed by atoms with Gasteiger partial charge < -0.3 is 19.7 Å². The molecule has 0 spiro atoms. The zero-order chi connectivity index (χ0) is 30.4. The Morgan fingerprint density at radius 3 is 2.33 bits per heavy atom. The second-order valence-electron chi connectivity index (χ2n) is 10.9. The van der Waals surface area contributed by atoms with E-state index in [1.54, 1.807) is 36.4 Å². The number of ether oxygens (including phenoxy) is 2. The number of benzene rings is 3. The first-order valence-corrected chi connectivity index (χ1v) is 16.7. The van der Waals surface area contributed by atoms with Crippen LogP contribution in [0.1, 0.15) is 36.8 Å². The van der Waals surface area contributed by atoms with Crippen molar-refractivity contribution in [3.8, 4) is 11.5 Å². The molecule has 1 aliphatic carbocycles. The van der Waals surface area contributed by atoms with Gasteiger partial charge in [-0.15, -0.1) is 0 Å². The average molecular weight is 626 g/mol. The third-order valence-corrected chi connectivity index (χ3v) is 9.27. The number of carbonyl (C=O) groups excluding carboxylic acids is 2. The molecule has 9 nitrogen and oxygen atoms in total. The van der Waals surface area contributed by atoms with Crippen LogP contribution in [0.2, 0.25) is 5.02 Å². The lowest BCUT2D eigenvalue weighted by atomic mass is 10.0. The third-order valence-electron chi connectivity index (χ3n) is 7.76. The second-order valence-corrected chi connectivity index (χ2v) is 13.2. The largest absolute Gasteiger partial charge is 0.486 e. The Morgan fingerprint density at radius 2 is 1.63 bits per heavy atom. The number of anilines is 1. The van der Waals surface area contributed by atoms with Gasteiger partial charge in [0.2, 0.25) is 21.8 Å². The molecule has 228 valence electrons. The Kier molecular flexibility index (Phi) is 9.77. The van der Waals surface area contributed by atoms with E-state index in [1.165, 1.54) is 4.90 Å². The molecule has 3 aromatic carbocycles. The number of carbonyl (C=O) groups is 2. The van der Waals surface area contributed by atoms with E-state index in [0.717, 1.165) is 41.8 Å². The van der Waals surface area contributed by atoms with Gasteiger partial charge in [0.1, 0.15) is 25.8 Å². The maximum atomic E-state index is 14.3. The van der Waals surface area contributed by atoms with Crippen LogP contribution >= 0.6 is 11.6 Å². The fourth-order valence-electron chi connectivity index (χ4n) is 5.53. The molecule has 11 heteroatoms. The number of nitrogens with zero attached hydrogens (tertiary/aromatic N) is 2. The highest BCUT2D eigenvalue weighted by atomic mass is 35.5. The SMILES string of the molecule is CS(=O)(=O)N(CC(=O)N(Cc1ccccc1Cl)C(Cc1ccccc1)C(=O)NC1CCCC1)c1ccc2c(c1)OCCO2.